The monoisotopic (exact) mass is 317 g/mol. The van der Waals surface area contributed by atoms with Crippen molar-refractivity contribution in [2.24, 2.45) is 5.73 Å². The van der Waals surface area contributed by atoms with E-state index in [4.69, 9.17) is 5.73 Å². The summed E-state index contributed by atoms with van der Waals surface area (Å²) in [5.74, 6) is 0. The van der Waals surface area contributed by atoms with E-state index in [1.807, 2.05) is 0 Å². The van der Waals surface area contributed by atoms with Crippen molar-refractivity contribution < 1.29 is 0 Å². The van der Waals surface area contributed by atoms with Gasteiger partial charge in [-0.2, -0.15) is 0 Å². The highest BCUT2D eigenvalue weighted by atomic mass is 28.3. The van der Waals surface area contributed by atoms with Gasteiger partial charge in [-0.05, 0) is 22.0 Å². The van der Waals surface area contributed by atoms with Crippen LogP contribution in [-0.2, 0) is 0 Å². The van der Waals surface area contributed by atoms with E-state index < -0.39 is 8.07 Å². The first kappa shape index (κ1) is 15.7. The average molecular weight is 318 g/mol. The SMILES string of the molecule is CCC(N)[Si](c1ccccc1)(c1ccccc1)c1ccccc1. The molecule has 1 atom stereocenters. The highest BCUT2D eigenvalue weighted by molar-refractivity contribution is 7.12. The van der Waals surface area contributed by atoms with Crippen LogP contribution >= 0.6 is 0 Å². The summed E-state index contributed by atoms with van der Waals surface area (Å²) in [4.78, 5) is 0. The summed E-state index contributed by atoms with van der Waals surface area (Å²) in [5, 5.41) is 4.14. The predicted octanol–water partition coefficient (Wildman–Crippen LogP) is 2.43. The summed E-state index contributed by atoms with van der Waals surface area (Å²) in [6, 6.07) is 32.5. The van der Waals surface area contributed by atoms with Gasteiger partial charge in [0.05, 0.1) is 0 Å². The maximum absolute atomic E-state index is 6.81. The van der Waals surface area contributed by atoms with E-state index >= 15 is 0 Å². The van der Waals surface area contributed by atoms with Crippen LogP contribution in [0.4, 0.5) is 0 Å². The largest absolute Gasteiger partial charge is 0.329 e. The Balaban J connectivity index is 2.35. The van der Waals surface area contributed by atoms with Gasteiger partial charge in [-0.3, -0.25) is 0 Å². The lowest BCUT2D eigenvalue weighted by Gasteiger charge is -2.38. The highest BCUT2D eigenvalue weighted by Crippen LogP contribution is 2.13. The fourth-order valence-electron chi connectivity index (χ4n) is 3.55. The number of benzene rings is 3. The van der Waals surface area contributed by atoms with E-state index in [1.54, 1.807) is 0 Å². The molecule has 116 valence electrons. The van der Waals surface area contributed by atoms with Crippen LogP contribution < -0.4 is 21.3 Å². The Kier molecular flexibility index (Phi) is 4.75. The minimum atomic E-state index is -2.25. The summed E-state index contributed by atoms with van der Waals surface area (Å²) >= 11 is 0. The van der Waals surface area contributed by atoms with Gasteiger partial charge < -0.3 is 5.73 Å². The summed E-state index contributed by atoms with van der Waals surface area (Å²) in [5.41, 5.74) is 6.94. The fourth-order valence-corrected chi connectivity index (χ4v) is 8.60. The Labute approximate surface area is 139 Å². The molecule has 3 rings (SSSR count). The van der Waals surface area contributed by atoms with E-state index in [-0.39, 0.29) is 5.67 Å². The Morgan fingerprint density at radius 2 is 0.957 bits per heavy atom. The molecular weight excluding hydrogens is 294 g/mol. The van der Waals surface area contributed by atoms with E-state index in [9.17, 15) is 0 Å². The molecule has 23 heavy (non-hydrogen) atoms. The molecule has 0 spiro atoms. The molecule has 0 saturated carbocycles. The third kappa shape index (κ3) is 2.76. The van der Waals surface area contributed by atoms with Crippen molar-refractivity contribution in [3.63, 3.8) is 0 Å². The number of nitrogens with two attached hydrogens (primary N) is 1. The van der Waals surface area contributed by atoms with Crippen molar-refractivity contribution in [3.05, 3.63) is 91.0 Å². The highest BCUT2D eigenvalue weighted by Gasteiger charge is 2.43. The third-order valence-corrected chi connectivity index (χ3v) is 9.94. The summed E-state index contributed by atoms with van der Waals surface area (Å²) in [7, 11) is -2.25. The zero-order valence-electron chi connectivity index (χ0n) is 13.5. The van der Waals surface area contributed by atoms with Crippen molar-refractivity contribution in [3.8, 4) is 0 Å². The second-order valence-corrected chi connectivity index (χ2v) is 10.0. The molecule has 0 fully saturated rings. The summed E-state index contributed by atoms with van der Waals surface area (Å²) in [6.07, 6.45) is 0.963. The topological polar surface area (TPSA) is 26.0 Å². The van der Waals surface area contributed by atoms with E-state index in [1.165, 1.54) is 15.6 Å². The maximum Gasteiger partial charge on any atom is 0.164 e. The average Bonchev–Trinajstić information content (AvgIpc) is 2.65. The molecule has 0 aliphatic rings. The molecular formula is C21H23NSi. The number of hydrogen-bond acceptors (Lipinski definition) is 1. The quantitative estimate of drug-likeness (QED) is 0.568. The second kappa shape index (κ2) is 6.94. The molecule has 0 bridgehead atoms. The van der Waals surface area contributed by atoms with Crippen LogP contribution in [0.5, 0.6) is 0 Å². The van der Waals surface area contributed by atoms with Crippen LogP contribution in [-0.4, -0.2) is 13.7 Å². The normalized spacial score (nSPS) is 12.8. The van der Waals surface area contributed by atoms with Gasteiger partial charge in [-0.1, -0.05) is 97.9 Å². The van der Waals surface area contributed by atoms with Crippen molar-refractivity contribution in [2.45, 2.75) is 19.0 Å². The zero-order chi connectivity index (χ0) is 16.1. The minimum Gasteiger partial charge on any atom is -0.329 e. The van der Waals surface area contributed by atoms with E-state index in [0.717, 1.165) is 6.42 Å². The third-order valence-electron chi connectivity index (χ3n) is 4.68. The molecule has 0 aromatic heterocycles. The van der Waals surface area contributed by atoms with Crippen LogP contribution in [0, 0.1) is 0 Å². The first-order valence-electron chi connectivity index (χ1n) is 8.22. The van der Waals surface area contributed by atoms with Crippen molar-refractivity contribution in [2.75, 3.05) is 0 Å². The fraction of sp³-hybridized carbons (Fsp3) is 0.143. The zero-order valence-corrected chi connectivity index (χ0v) is 14.5. The molecule has 0 saturated heterocycles. The van der Waals surface area contributed by atoms with Crippen LogP contribution in [0.2, 0.25) is 0 Å². The molecule has 3 aromatic carbocycles. The maximum atomic E-state index is 6.81. The van der Waals surface area contributed by atoms with Gasteiger partial charge in [0.1, 0.15) is 0 Å². The molecule has 3 aromatic rings. The van der Waals surface area contributed by atoms with Crippen LogP contribution in [0.15, 0.2) is 91.0 Å². The second-order valence-electron chi connectivity index (χ2n) is 5.92. The summed E-state index contributed by atoms with van der Waals surface area (Å²) in [6.45, 7) is 2.20. The molecule has 1 nitrogen and oxygen atoms in total. The molecule has 0 heterocycles. The first-order chi connectivity index (χ1) is 11.3. The van der Waals surface area contributed by atoms with Crippen molar-refractivity contribution >= 4 is 23.6 Å². The minimum absolute atomic E-state index is 0.134. The predicted molar refractivity (Wildman–Crippen MR) is 102 cm³/mol. The van der Waals surface area contributed by atoms with Crippen LogP contribution in [0.1, 0.15) is 13.3 Å². The molecule has 2 N–H and O–H groups in total. The number of rotatable bonds is 5. The standard InChI is InChI=1S/C21H23NSi/c1-2-21(22)23(18-12-6-3-7-13-18,19-14-8-4-9-15-19)20-16-10-5-11-17-20/h3-17,21H,2,22H2,1H3. The first-order valence-corrected chi connectivity index (χ1v) is 10.3. The Morgan fingerprint density at radius 1 is 0.652 bits per heavy atom. The van der Waals surface area contributed by atoms with Crippen LogP contribution in [0.25, 0.3) is 0 Å². The van der Waals surface area contributed by atoms with E-state index in [0.29, 0.717) is 0 Å². The Hall–Kier alpha value is -2.16. The van der Waals surface area contributed by atoms with E-state index in [2.05, 4.69) is 97.9 Å². The van der Waals surface area contributed by atoms with Gasteiger partial charge in [0.2, 0.25) is 0 Å². The Bertz CT molecular complexity index is 629. The molecule has 2 heteroatoms. The van der Waals surface area contributed by atoms with Gasteiger partial charge in [0, 0.05) is 5.67 Å². The van der Waals surface area contributed by atoms with Gasteiger partial charge in [0.25, 0.3) is 0 Å². The van der Waals surface area contributed by atoms with Crippen molar-refractivity contribution in [1.82, 2.24) is 0 Å². The van der Waals surface area contributed by atoms with Gasteiger partial charge in [0.15, 0.2) is 8.07 Å². The lowest BCUT2D eigenvalue weighted by molar-refractivity contribution is 0.834. The summed E-state index contributed by atoms with van der Waals surface area (Å²) < 4.78 is 0. The lowest BCUT2D eigenvalue weighted by atomic mass is 10.3. The smallest absolute Gasteiger partial charge is 0.164 e. The molecule has 1 unspecified atom stereocenters. The van der Waals surface area contributed by atoms with Gasteiger partial charge in [-0.15, -0.1) is 0 Å². The number of hydrogen-bond donors (Lipinski definition) is 1. The molecule has 0 amide bonds. The van der Waals surface area contributed by atoms with Crippen molar-refractivity contribution in [1.29, 1.82) is 0 Å². The van der Waals surface area contributed by atoms with Gasteiger partial charge >= 0.3 is 0 Å². The lowest BCUT2D eigenvalue weighted by Crippen LogP contribution is -2.76. The Morgan fingerprint density at radius 3 is 1.22 bits per heavy atom. The molecule has 0 radical (unpaired) electrons. The molecule has 0 aliphatic carbocycles. The molecule has 0 aliphatic heterocycles. The van der Waals surface area contributed by atoms with Gasteiger partial charge in [-0.25, -0.2) is 0 Å². The van der Waals surface area contributed by atoms with Crippen LogP contribution in [0.3, 0.4) is 0 Å².